The fourth-order valence-electron chi connectivity index (χ4n) is 2.60. The van der Waals surface area contributed by atoms with Crippen molar-refractivity contribution in [3.05, 3.63) is 15.6 Å². The van der Waals surface area contributed by atoms with E-state index in [2.05, 4.69) is 11.8 Å². The van der Waals surface area contributed by atoms with E-state index < -0.39 is 9.84 Å². The number of sulfone groups is 1. The summed E-state index contributed by atoms with van der Waals surface area (Å²) in [7, 11) is -0.846. The molecule has 1 aromatic rings. The van der Waals surface area contributed by atoms with Crippen molar-refractivity contribution in [2.75, 3.05) is 25.1 Å². The second kappa shape index (κ2) is 6.54. The molecule has 0 radical (unpaired) electrons. The Labute approximate surface area is 126 Å². The van der Waals surface area contributed by atoms with Gasteiger partial charge in [0.15, 0.2) is 9.84 Å². The number of thiazole rings is 1. The lowest BCUT2D eigenvalue weighted by molar-refractivity contribution is 0.236. The number of aromatic nitrogens is 1. The summed E-state index contributed by atoms with van der Waals surface area (Å²) in [4.78, 5) is 8.26. The Bertz CT molecular complexity index is 552. The first kappa shape index (κ1) is 15.9. The monoisotopic (exact) mass is 316 g/mol. The Balaban J connectivity index is 2.08. The van der Waals surface area contributed by atoms with Crippen LogP contribution in [0.4, 0.5) is 0 Å². The molecule has 1 unspecified atom stereocenters. The minimum absolute atomic E-state index is 0.233. The molecule has 0 spiro atoms. The van der Waals surface area contributed by atoms with Crippen molar-refractivity contribution in [1.82, 2.24) is 9.88 Å². The first-order chi connectivity index (χ1) is 9.46. The Morgan fingerprint density at radius 3 is 2.80 bits per heavy atom. The molecule has 6 heteroatoms. The molecule has 1 heterocycles. The number of hydrogen-bond donors (Lipinski definition) is 0. The molecule has 0 N–H and O–H groups in total. The van der Waals surface area contributed by atoms with Crippen LogP contribution in [-0.4, -0.2) is 43.4 Å². The maximum atomic E-state index is 11.6. The van der Waals surface area contributed by atoms with Crippen molar-refractivity contribution in [2.45, 2.75) is 45.6 Å². The number of rotatable bonds is 6. The van der Waals surface area contributed by atoms with Gasteiger partial charge >= 0.3 is 0 Å². The number of aryl methyl sites for hydroxylation is 2. The summed E-state index contributed by atoms with van der Waals surface area (Å²) in [5, 5.41) is 1.21. The van der Waals surface area contributed by atoms with Gasteiger partial charge in [-0.2, -0.15) is 0 Å². The second-order valence-electron chi connectivity index (χ2n) is 5.40. The summed E-state index contributed by atoms with van der Waals surface area (Å²) in [5.74, 6) is 0.489. The number of nitrogens with zero attached hydrogens (tertiary/aromatic N) is 2. The van der Waals surface area contributed by atoms with Crippen molar-refractivity contribution in [3.8, 4) is 0 Å². The molecule has 0 fully saturated rings. The Hall–Kier alpha value is -0.460. The van der Waals surface area contributed by atoms with Gasteiger partial charge in [0.1, 0.15) is 0 Å². The molecule has 1 aliphatic rings. The van der Waals surface area contributed by atoms with Gasteiger partial charge < -0.3 is 0 Å². The van der Waals surface area contributed by atoms with E-state index in [9.17, 15) is 8.42 Å². The molecule has 0 aromatic carbocycles. The van der Waals surface area contributed by atoms with Gasteiger partial charge in [-0.1, -0.05) is 13.8 Å². The van der Waals surface area contributed by atoms with Crippen molar-refractivity contribution in [1.29, 1.82) is 0 Å². The maximum absolute atomic E-state index is 11.6. The highest BCUT2D eigenvalue weighted by molar-refractivity contribution is 7.91. The van der Waals surface area contributed by atoms with Gasteiger partial charge in [-0.05, 0) is 32.7 Å². The summed E-state index contributed by atoms with van der Waals surface area (Å²) in [6, 6.07) is 0.351. The first-order valence-electron chi connectivity index (χ1n) is 7.36. The predicted molar refractivity (Wildman–Crippen MR) is 84.1 cm³/mol. The molecule has 1 aromatic heterocycles. The molecule has 114 valence electrons. The van der Waals surface area contributed by atoms with Crippen LogP contribution in [0.1, 0.15) is 48.3 Å². The predicted octanol–water partition coefficient (Wildman–Crippen LogP) is 2.45. The molecule has 1 aliphatic carbocycles. The van der Waals surface area contributed by atoms with E-state index in [1.807, 2.05) is 18.4 Å². The van der Waals surface area contributed by atoms with E-state index in [1.165, 1.54) is 15.6 Å². The van der Waals surface area contributed by atoms with Crippen molar-refractivity contribution < 1.29 is 8.42 Å². The van der Waals surface area contributed by atoms with Crippen LogP contribution < -0.4 is 0 Å². The number of hydrogen-bond acceptors (Lipinski definition) is 5. The lowest BCUT2D eigenvalue weighted by atomic mass is 9.97. The third-order valence-corrected chi connectivity index (χ3v) is 7.02. The smallest absolute Gasteiger partial charge is 0.151 e. The summed E-state index contributed by atoms with van der Waals surface area (Å²) in [6.07, 6.45) is 4.32. The lowest BCUT2D eigenvalue weighted by Crippen LogP contribution is -2.31. The van der Waals surface area contributed by atoms with Crippen molar-refractivity contribution in [2.24, 2.45) is 0 Å². The zero-order chi connectivity index (χ0) is 14.8. The highest BCUT2D eigenvalue weighted by atomic mass is 32.2. The molecule has 0 aliphatic heterocycles. The van der Waals surface area contributed by atoms with Crippen LogP contribution in [-0.2, 0) is 22.7 Å². The highest BCUT2D eigenvalue weighted by Gasteiger charge is 2.27. The van der Waals surface area contributed by atoms with Gasteiger partial charge in [0, 0.05) is 23.2 Å². The van der Waals surface area contributed by atoms with Gasteiger partial charge in [0.05, 0.1) is 16.5 Å². The Morgan fingerprint density at radius 1 is 1.40 bits per heavy atom. The minimum Gasteiger partial charge on any atom is -0.297 e. The van der Waals surface area contributed by atoms with Crippen LogP contribution in [0.15, 0.2) is 0 Å². The molecule has 0 bridgehead atoms. The van der Waals surface area contributed by atoms with Gasteiger partial charge in [-0.3, -0.25) is 4.90 Å². The largest absolute Gasteiger partial charge is 0.297 e. The van der Waals surface area contributed by atoms with Crippen LogP contribution >= 0.6 is 11.3 Å². The molecule has 1 atom stereocenters. The summed E-state index contributed by atoms with van der Waals surface area (Å²) >= 11 is 1.81. The van der Waals surface area contributed by atoms with Crippen LogP contribution in [0.3, 0.4) is 0 Å². The molecular weight excluding hydrogens is 292 g/mol. The van der Waals surface area contributed by atoms with E-state index in [-0.39, 0.29) is 11.5 Å². The van der Waals surface area contributed by atoms with Crippen LogP contribution in [0.2, 0.25) is 0 Å². The zero-order valence-electron chi connectivity index (χ0n) is 12.6. The second-order valence-corrected chi connectivity index (χ2v) is 8.99. The normalized spacial score (nSPS) is 19.3. The summed E-state index contributed by atoms with van der Waals surface area (Å²) < 4.78 is 23.3. The molecule has 20 heavy (non-hydrogen) atoms. The van der Waals surface area contributed by atoms with Gasteiger partial charge in [-0.15, -0.1) is 11.3 Å². The summed E-state index contributed by atoms with van der Waals surface area (Å²) in [5.41, 5.74) is 1.24. The average molecular weight is 316 g/mol. The standard InChI is InChI=1S/C14H24N2O2S2/c1-4-13-15-11-7-6-8-12(14(11)19-13)16(3)9-10-20(17,18)5-2/h12H,4-10H2,1-3H3. The SMILES string of the molecule is CCc1nc2c(s1)C(N(C)CCS(=O)(=O)CC)CCC2. The number of fused-ring (bicyclic) bond motifs is 1. The maximum Gasteiger partial charge on any atom is 0.151 e. The molecule has 2 rings (SSSR count). The van der Waals surface area contributed by atoms with E-state index >= 15 is 0 Å². The van der Waals surface area contributed by atoms with Crippen LogP contribution in [0, 0.1) is 0 Å². The summed E-state index contributed by atoms with van der Waals surface area (Å²) in [6.45, 7) is 4.46. The fourth-order valence-corrected chi connectivity index (χ4v) is 4.71. The van der Waals surface area contributed by atoms with Crippen molar-refractivity contribution in [3.63, 3.8) is 0 Å². The molecule has 4 nitrogen and oxygen atoms in total. The molecule has 0 saturated carbocycles. The van der Waals surface area contributed by atoms with Crippen LogP contribution in [0.25, 0.3) is 0 Å². The van der Waals surface area contributed by atoms with Gasteiger partial charge in [0.25, 0.3) is 0 Å². The third kappa shape index (κ3) is 3.59. The highest BCUT2D eigenvalue weighted by Crippen LogP contribution is 2.37. The van der Waals surface area contributed by atoms with Crippen LogP contribution in [0.5, 0.6) is 0 Å². The van der Waals surface area contributed by atoms with E-state index in [0.29, 0.717) is 12.6 Å². The average Bonchev–Trinajstić information content (AvgIpc) is 2.87. The van der Waals surface area contributed by atoms with E-state index in [4.69, 9.17) is 4.98 Å². The Kier molecular flexibility index (Phi) is 5.20. The lowest BCUT2D eigenvalue weighted by Gasteiger charge is -2.30. The molecular formula is C14H24N2O2S2. The topological polar surface area (TPSA) is 50.3 Å². The van der Waals surface area contributed by atoms with E-state index in [0.717, 1.165) is 25.7 Å². The van der Waals surface area contributed by atoms with Crippen molar-refractivity contribution >= 4 is 21.2 Å². The fraction of sp³-hybridized carbons (Fsp3) is 0.786. The quantitative estimate of drug-likeness (QED) is 0.809. The minimum atomic E-state index is -2.88. The van der Waals surface area contributed by atoms with E-state index in [1.54, 1.807) is 6.92 Å². The van der Waals surface area contributed by atoms with Gasteiger partial charge in [-0.25, -0.2) is 13.4 Å². The molecule has 0 saturated heterocycles. The first-order valence-corrected chi connectivity index (χ1v) is 9.99. The molecule has 0 amide bonds. The Morgan fingerprint density at radius 2 is 2.15 bits per heavy atom. The third-order valence-electron chi connectivity index (χ3n) is 3.99. The van der Waals surface area contributed by atoms with Gasteiger partial charge in [0.2, 0.25) is 0 Å². The zero-order valence-corrected chi connectivity index (χ0v) is 14.2.